The summed E-state index contributed by atoms with van der Waals surface area (Å²) in [4.78, 5) is 8.74. The van der Waals surface area contributed by atoms with Crippen LogP contribution in [-0.2, 0) is 10.0 Å². The Balaban J connectivity index is 2.50. The van der Waals surface area contributed by atoms with Crippen molar-refractivity contribution in [2.24, 2.45) is 0 Å². The molecule has 0 saturated heterocycles. The van der Waals surface area contributed by atoms with Crippen molar-refractivity contribution in [1.82, 2.24) is 0 Å². The lowest BCUT2D eigenvalue weighted by Gasteiger charge is -2.11. The second-order valence-corrected chi connectivity index (χ2v) is 5.95. The lowest BCUT2D eigenvalue weighted by atomic mass is 10.2. The number of nitrogens with one attached hydrogen (secondary N) is 1. The molecule has 7 nitrogen and oxygen atoms in total. The van der Waals surface area contributed by atoms with Gasteiger partial charge in [0.05, 0.1) is 10.6 Å². The lowest BCUT2D eigenvalue weighted by Crippen LogP contribution is -2.16. The van der Waals surface area contributed by atoms with E-state index in [1.807, 2.05) is 0 Å². The SMILES string of the molecule is Nc1c(NS(=O)(=O)c2cc(F)c(F)cc2F)cccc1[N+](=O)[O-]. The van der Waals surface area contributed by atoms with Crippen molar-refractivity contribution >= 4 is 27.1 Å². The van der Waals surface area contributed by atoms with Crippen LogP contribution >= 0.6 is 0 Å². The monoisotopic (exact) mass is 347 g/mol. The van der Waals surface area contributed by atoms with E-state index in [4.69, 9.17) is 5.73 Å². The Morgan fingerprint density at radius 1 is 1.09 bits per heavy atom. The summed E-state index contributed by atoms with van der Waals surface area (Å²) in [6.07, 6.45) is 0. The average Bonchev–Trinajstić information content (AvgIpc) is 2.44. The van der Waals surface area contributed by atoms with Crippen LogP contribution in [0.1, 0.15) is 0 Å². The van der Waals surface area contributed by atoms with Crippen LogP contribution in [0, 0.1) is 27.6 Å². The number of halogens is 3. The number of nitrogens with zero attached hydrogens (tertiary/aromatic N) is 1. The Labute approximate surface area is 127 Å². The van der Waals surface area contributed by atoms with Crippen LogP contribution in [0.15, 0.2) is 35.2 Å². The summed E-state index contributed by atoms with van der Waals surface area (Å²) >= 11 is 0. The molecule has 2 aromatic rings. The Bertz CT molecular complexity index is 903. The molecule has 0 unspecified atom stereocenters. The molecule has 0 radical (unpaired) electrons. The molecule has 23 heavy (non-hydrogen) atoms. The number of rotatable bonds is 4. The summed E-state index contributed by atoms with van der Waals surface area (Å²) in [5.74, 6) is -4.66. The predicted molar refractivity (Wildman–Crippen MR) is 74.6 cm³/mol. The summed E-state index contributed by atoms with van der Waals surface area (Å²) in [6.45, 7) is 0. The average molecular weight is 347 g/mol. The van der Waals surface area contributed by atoms with Gasteiger partial charge in [0, 0.05) is 18.2 Å². The molecule has 0 bridgehead atoms. The molecule has 2 rings (SSSR count). The molecule has 0 aliphatic heterocycles. The quantitative estimate of drug-likeness (QED) is 0.381. The van der Waals surface area contributed by atoms with Gasteiger partial charge in [-0.05, 0) is 6.07 Å². The van der Waals surface area contributed by atoms with Gasteiger partial charge in [-0.1, -0.05) is 6.07 Å². The number of para-hydroxylation sites is 1. The van der Waals surface area contributed by atoms with Crippen molar-refractivity contribution in [3.05, 3.63) is 57.9 Å². The number of nitro benzene ring substituents is 1. The minimum Gasteiger partial charge on any atom is -0.391 e. The third-order valence-corrected chi connectivity index (χ3v) is 4.17. The Hall–Kier alpha value is -2.82. The van der Waals surface area contributed by atoms with Gasteiger partial charge in [0.2, 0.25) is 0 Å². The Morgan fingerprint density at radius 3 is 2.30 bits per heavy atom. The largest absolute Gasteiger partial charge is 0.391 e. The van der Waals surface area contributed by atoms with Crippen molar-refractivity contribution in [2.75, 3.05) is 10.5 Å². The summed E-state index contributed by atoms with van der Waals surface area (Å²) in [7, 11) is -4.68. The molecule has 0 atom stereocenters. The zero-order valence-corrected chi connectivity index (χ0v) is 11.9. The molecule has 0 heterocycles. The number of anilines is 2. The van der Waals surface area contributed by atoms with Crippen LogP contribution in [0.3, 0.4) is 0 Å². The van der Waals surface area contributed by atoms with Crippen LogP contribution in [0.2, 0.25) is 0 Å². The summed E-state index contributed by atoms with van der Waals surface area (Å²) < 4.78 is 65.5. The fraction of sp³-hybridized carbons (Fsp3) is 0. The maximum Gasteiger partial charge on any atom is 0.294 e. The van der Waals surface area contributed by atoms with Gasteiger partial charge in [0.25, 0.3) is 15.7 Å². The third-order valence-electron chi connectivity index (χ3n) is 2.79. The predicted octanol–water partition coefficient (Wildman–Crippen LogP) is 2.40. The molecule has 0 saturated carbocycles. The third kappa shape index (κ3) is 3.18. The van der Waals surface area contributed by atoms with Crippen LogP contribution in [0.4, 0.5) is 30.2 Å². The van der Waals surface area contributed by atoms with Gasteiger partial charge < -0.3 is 5.73 Å². The standard InChI is InChI=1S/C12H8F3N3O4S/c13-6-4-8(15)11(5-7(6)14)23(21,22)17-9-2-1-3-10(12(9)16)18(19)20/h1-5,17H,16H2. The normalized spacial score (nSPS) is 11.3. The van der Waals surface area contributed by atoms with Crippen LogP contribution < -0.4 is 10.5 Å². The van der Waals surface area contributed by atoms with Gasteiger partial charge in [-0.2, -0.15) is 0 Å². The van der Waals surface area contributed by atoms with Crippen LogP contribution in [0.25, 0.3) is 0 Å². The molecule has 0 fully saturated rings. The number of nitrogens with two attached hydrogens (primary N) is 1. The molecule has 0 spiro atoms. The van der Waals surface area contributed by atoms with E-state index in [2.05, 4.69) is 0 Å². The van der Waals surface area contributed by atoms with Gasteiger partial charge in [-0.25, -0.2) is 21.6 Å². The topological polar surface area (TPSA) is 115 Å². The van der Waals surface area contributed by atoms with E-state index in [0.717, 1.165) is 18.2 Å². The molecule has 3 N–H and O–H groups in total. The van der Waals surface area contributed by atoms with Gasteiger partial charge in [-0.3, -0.25) is 14.8 Å². The molecule has 11 heteroatoms. The van der Waals surface area contributed by atoms with Crippen molar-refractivity contribution in [2.45, 2.75) is 4.90 Å². The van der Waals surface area contributed by atoms with E-state index in [1.165, 1.54) is 0 Å². The number of hydrogen-bond acceptors (Lipinski definition) is 5. The Kier molecular flexibility index (Phi) is 4.14. The van der Waals surface area contributed by atoms with E-state index >= 15 is 0 Å². The van der Waals surface area contributed by atoms with Crippen molar-refractivity contribution in [3.8, 4) is 0 Å². The van der Waals surface area contributed by atoms with Gasteiger partial charge in [-0.15, -0.1) is 0 Å². The smallest absolute Gasteiger partial charge is 0.294 e. The Morgan fingerprint density at radius 2 is 1.70 bits per heavy atom. The molecule has 0 aliphatic carbocycles. The molecule has 0 aliphatic rings. The highest BCUT2D eigenvalue weighted by molar-refractivity contribution is 7.92. The van der Waals surface area contributed by atoms with Crippen molar-refractivity contribution in [1.29, 1.82) is 0 Å². The second-order valence-electron chi connectivity index (χ2n) is 4.30. The van der Waals surface area contributed by atoms with E-state index < -0.39 is 54.4 Å². The number of sulfonamides is 1. The highest BCUT2D eigenvalue weighted by atomic mass is 32.2. The highest BCUT2D eigenvalue weighted by Crippen LogP contribution is 2.31. The first-order chi connectivity index (χ1) is 10.6. The zero-order valence-electron chi connectivity index (χ0n) is 11.1. The second kappa shape index (κ2) is 5.76. The molecule has 0 aromatic heterocycles. The van der Waals surface area contributed by atoms with Crippen LogP contribution in [0.5, 0.6) is 0 Å². The van der Waals surface area contributed by atoms with E-state index in [1.54, 1.807) is 4.72 Å². The zero-order chi connectivity index (χ0) is 17.4. The maximum atomic E-state index is 13.6. The van der Waals surface area contributed by atoms with Gasteiger partial charge >= 0.3 is 0 Å². The molecular formula is C12H8F3N3O4S. The molecule has 2 aromatic carbocycles. The minimum absolute atomic E-state index is 0.0701. The first kappa shape index (κ1) is 16.5. The minimum atomic E-state index is -4.68. The molecule has 122 valence electrons. The fourth-order valence-corrected chi connectivity index (χ4v) is 2.86. The van der Waals surface area contributed by atoms with Crippen LogP contribution in [-0.4, -0.2) is 13.3 Å². The van der Waals surface area contributed by atoms with Gasteiger partial charge in [0.15, 0.2) is 11.6 Å². The number of benzene rings is 2. The lowest BCUT2D eigenvalue weighted by molar-refractivity contribution is -0.383. The molecular weight excluding hydrogens is 339 g/mol. The first-order valence-electron chi connectivity index (χ1n) is 5.83. The summed E-state index contributed by atoms with van der Waals surface area (Å²) in [6, 6.07) is 3.50. The highest BCUT2D eigenvalue weighted by Gasteiger charge is 2.24. The first-order valence-corrected chi connectivity index (χ1v) is 7.32. The summed E-state index contributed by atoms with van der Waals surface area (Å²) in [5.41, 5.74) is 3.98. The van der Waals surface area contributed by atoms with Gasteiger partial charge in [0.1, 0.15) is 16.4 Å². The number of nitrogen functional groups attached to an aromatic ring is 1. The van der Waals surface area contributed by atoms with E-state index in [-0.39, 0.29) is 12.1 Å². The maximum absolute atomic E-state index is 13.6. The fourth-order valence-electron chi connectivity index (χ4n) is 1.71. The number of nitro groups is 1. The van der Waals surface area contributed by atoms with Crippen molar-refractivity contribution in [3.63, 3.8) is 0 Å². The number of hydrogen-bond donors (Lipinski definition) is 2. The van der Waals surface area contributed by atoms with Crippen molar-refractivity contribution < 1.29 is 26.5 Å². The summed E-state index contributed by atoms with van der Waals surface area (Å²) in [5, 5.41) is 10.7. The molecule has 0 amide bonds. The van der Waals surface area contributed by atoms with E-state index in [0.29, 0.717) is 0 Å². The van der Waals surface area contributed by atoms with E-state index in [9.17, 15) is 31.7 Å².